The van der Waals surface area contributed by atoms with Gasteiger partial charge < -0.3 is 20.3 Å². The fraction of sp³-hybridized carbons (Fsp3) is 0.333. The van der Waals surface area contributed by atoms with Gasteiger partial charge in [-0.3, -0.25) is 4.90 Å². The lowest BCUT2D eigenvalue weighted by atomic mass is 10.1. The monoisotopic (exact) mass is 380 g/mol. The van der Waals surface area contributed by atoms with E-state index in [9.17, 15) is 9.59 Å². The Balaban J connectivity index is 1.39. The Morgan fingerprint density at radius 3 is 2.71 bits per heavy atom. The van der Waals surface area contributed by atoms with Crippen molar-refractivity contribution >= 4 is 29.2 Å². The average Bonchev–Trinajstić information content (AvgIpc) is 3.33. The SMILES string of the molecule is Cc1ccc(N2CCOC2=O)cc1NC(=O)N1CC[C@@H](Nc2ccccc2)C1. The second kappa shape index (κ2) is 7.80. The number of para-hydroxylation sites is 1. The number of anilines is 3. The van der Waals surface area contributed by atoms with Crippen LogP contribution in [0.25, 0.3) is 0 Å². The Morgan fingerprint density at radius 1 is 1.14 bits per heavy atom. The highest BCUT2D eigenvalue weighted by molar-refractivity contribution is 5.94. The topological polar surface area (TPSA) is 73.9 Å². The van der Waals surface area contributed by atoms with Crippen LogP contribution in [-0.2, 0) is 4.74 Å². The van der Waals surface area contributed by atoms with E-state index in [1.807, 2.05) is 60.4 Å². The maximum absolute atomic E-state index is 12.7. The van der Waals surface area contributed by atoms with Gasteiger partial charge in [-0.05, 0) is 43.2 Å². The zero-order valence-corrected chi connectivity index (χ0v) is 15.9. The van der Waals surface area contributed by atoms with Crippen molar-refractivity contribution in [3.63, 3.8) is 0 Å². The van der Waals surface area contributed by atoms with Crippen molar-refractivity contribution in [1.29, 1.82) is 0 Å². The van der Waals surface area contributed by atoms with Gasteiger partial charge in [-0.2, -0.15) is 0 Å². The Kier molecular flexibility index (Phi) is 5.06. The Hall–Kier alpha value is -3.22. The molecule has 0 bridgehead atoms. The summed E-state index contributed by atoms with van der Waals surface area (Å²) in [6, 6.07) is 15.7. The van der Waals surface area contributed by atoms with Gasteiger partial charge in [-0.15, -0.1) is 0 Å². The number of aryl methyl sites for hydroxylation is 1. The fourth-order valence-electron chi connectivity index (χ4n) is 3.57. The van der Waals surface area contributed by atoms with Crippen LogP contribution in [0.4, 0.5) is 26.7 Å². The molecule has 7 heteroatoms. The zero-order chi connectivity index (χ0) is 19.5. The van der Waals surface area contributed by atoms with Gasteiger partial charge in [0.25, 0.3) is 0 Å². The fourth-order valence-corrected chi connectivity index (χ4v) is 3.57. The molecule has 0 aromatic heterocycles. The summed E-state index contributed by atoms with van der Waals surface area (Å²) in [7, 11) is 0. The van der Waals surface area contributed by atoms with Gasteiger partial charge in [-0.25, -0.2) is 9.59 Å². The molecule has 2 aliphatic rings. The summed E-state index contributed by atoms with van der Waals surface area (Å²) in [5, 5.41) is 6.47. The second-order valence-corrected chi connectivity index (χ2v) is 7.14. The first-order valence-corrected chi connectivity index (χ1v) is 9.52. The van der Waals surface area contributed by atoms with Crippen LogP contribution in [0.5, 0.6) is 0 Å². The summed E-state index contributed by atoms with van der Waals surface area (Å²) < 4.78 is 5.00. The molecule has 2 heterocycles. The van der Waals surface area contributed by atoms with E-state index in [0.717, 1.165) is 23.4 Å². The molecule has 7 nitrogen and oxygen atoms in total. The number of urea groups is 1. The summed E-state index contributed by atoms with van der Waals surface area (Å²) >= 11 is 0. The molecule has 0 aliphatic carbocycles. The van der Waals surface area contributed by atoms with Crippen LogP contribution in [0.15, 0.2) is 48.5 Å². The standard InChI is InChI=1S/C21H24N4O3/c1-15-7-8-18(25-11-12-28-21(25)27)13-19(15)23-20(26)24-10-9-17(14-24)22-16-5-3-2-4-6-16/h2-8,13,17,22H,9-12,14H2,1H3,(H,23,26)/t17-/m1/s1. The Morgan fingerprint density at radius 2 is 1.96 bits per heavy atom. The van der Waals surface area contributed by atoms with Crippen molar-refractivity contribution in [1.82, 2.24) is 4.90 Å². The first-order chi connectivity index (χ1) is 13.6. The molecule has 2 aliphatic heterocycles. The largest absolute Gasteiger partial charge is 0.447 e. The first-order valence-electron chi connectivity index (χ1n) is 9.52. The molecule has 0 unspecified atom stereocenters. The number of cyclic esters (lactones) is 1. The second-order valence-electron chi connectivity index (χ2n) is 7.14. The summed E-state index contributed by atoms with van der Waals surface area (Å²) in [5.74, 6) is 0. The van der Waals surface area contributed by atoms with Gasteiger partial charge in [0.05, 0.1) is 6.54 Å². The van der Waals surface area contributed by atoms with Crippen LogP contribution >= 0.6 is 0 Å². The van der Waals surface area contributed by atoms with Crippen LogP contribution in [0.2, 0.25) is 0 Å². The van der Waals surface area contributed by atoms with Crippen LogP contribution in [0, 0.1) is 6.92 Å². The maximum Gasteiger partial charge on any atom is 0.414 e. The van der Waals surface area contributed by atoms with Crippen molar-refractivity contribution in [3.05, 3.63) is 54.1 Å². The van der Waals surface area contributed by atoms with Crippen LogP contribution in [-0.4, -0.2) is 49.3 Å². The third-order valence-electron chi connectivity index (χ3n) is 5.16. The van der Waals surface area contributed by atoms with E-state index in [2.05, 4.69) is 10.6 Å². The highest BCUT2D eigenvalue weighted by Crippen LogP contribution is 2.26. The predicted octanol–water partition coefficient (Wildman–Crippen LogP) is 3.67. The van der Waals surface area contributed by atoms with Gasteiger partial charge in [0.2, 0.25) is 0 Å². The van der Waals surface area contributed by atoms with Crippen LogP contribution in [0.3, 0.4) is 0 Å². The van der Waals surface area contributed by atoms with E-state index in [1.165, 1.54) is 0 Å². The van der Waals surface area contributed by atoms with E-state index < -0.39 is 0 Å². The molecule has 0 radical (unpaired) electrons. The molecule has 4 rings (SSSR count). The molecular weight excluding hydrogens is 356 g/mol. The maximum atomic E-state index is 12.7. The number of carbonyl (C=O) groups is 2. The minimum atomic E-state index is -0.351. The highest BCUT2D eigenvalue weighted by Gasteiger charge is 2.27. The third-order valence-corrected chi connectivity index (χ3v) is 5.16. The number of likely N-dealkylation sites (tertiary alicyclic amines) is 1. The molecular formula is C21H24N4O3. The molecule has 0 saturated carbocycles. The van der Waals surface area contributed by atoms with Crippen LogP contribution < -0.4 is 15.5 Å². The first kappa shape index (κ1) is 18.2. The number of nitrogens with zero attached hydrogens (tertiary/aromatic N) is 2. The Bertz CT molecular complexity index is 871. The molecule has 28 heavy (non-hydrogen) atoms. The van der Waals surface area contributed by atoms with Crippen molar-refractivity contribution < 1.29 is 14.3 Å². The number of nitrogens with one attached hydrogen (secondary N) is 2. The van der Waals surface area contributed by atoms with Crippen molar-refractivity contribution in [2.75, 3.05) is 41.8 Å². The van der Waals surface area contributed by atoms with E-state index in [4.69, 9.17) is 4.74 Å². The number of hydrogen-bond donors (Lipinski definition) is 2. The molecule has 146 valence electrons. The number of hydrogen-bond acceptors (Lipinski definition) is 4. The quantitative estimate of drug-likeness (QED) is 0.849. The molecule has 2 saturated heterocycles. The van der Waals surface area contributed by atoms with Gasteiger partial charge in [0.1, 0.15) is 6.61 Å². The van der Waals surface area contributed by atoms with Crippen molar-refractivity contribution in [2.24, 2.45) is 0 Å². The average molecular weight is 380 g/mol. The number of benzene rings is 2. The van der Waals surface area contributed by atoms with Gasteiger partial charge >= 0.3 is 12.1 Å². The number of carbonyl (C=O) groups excluding carboxylic acids is 2. The number of ether oxygens (including phenoxy) is 1. The lowest BCUT2D eigenvalue weighted by Crippen LogP contribution is -2.35. The predicted molar refractivity (Wildman–Crippen MR) is 109 cm³/mol. The molecule has 2 aromatic rings. The van der Waals surface area contributed by atoms with E-state index in [-0.39, 0.29) is 18.2 Å². The molecule has 3 amide bonds. The molecule has 2 fully saturated rings. The van der Waals surface area contributed by atoms with Crippen molar-refractivity contribution in [3.8, 4) is 0 Å². The summed E-state index contributed by atoms with van der Waals surface area (Å²) in [5.41, 5.74) is 3.45. The van der Waals surface area contributed by atoms with Gasteiger partial charge in [0, 0.05) is 36.2 Å². The minimum absolute atomic E-state index is 0.124. The van der Waals surface area contributed by atoms with Crippen LogP contribution in [0.1, 0.15) is 12.0 Å². The molecule has 1 atom stereocenters. The molecule has 0 spiro atoms. The highest BCUT2D eigenvalue weighted by atomic mass is 16.6. The third kappa shape index (κ3) is 3.88. The zero-order valence-electron chi connectivity index (χ0n) is 15.9. The van der Waals surface area contributed by atoms with Gasteiger partial charge in [0.15, 0.2) is 0 Å². The molecule has 2 N–H and O–H groups in total. The van der Waals surface area contributed by atoms with E-state index in [0.29, 0.717) is 31.9 Å². The lowest BCUT2D eigenvalue weighted by Gasteiger charge is -2.20. The van der Waals surface area contributed by atoms with E-state index >= 15 is 0 Å². The molecule has 2 aromatic carbocycles. The summed E-state index contributed by atoms with van der Waals surface area (Å²) in [4.78, 5) is 27.9. The Labute approximate surface area is 164 Å². The summed E-state index contributed by atoms with van der Waals surface area (Å²) in [6.07, 6.45) is 0.552. The summed E-state index contributed by atoms with van der Waals surface area (Å²) in [6.45, 7) is 4.20. The smallest absolute Gasteiger partial charge is 0.414 e. The normalized spacial score (nSPS) is 18.9. The lowest BCUT2D eigenvalue weighted by molar-refractivity contribution is 0.181. The van der Waals surface area contributed by atoms with E-state index in [1.54, 1.807) is 4.90 Å². The number of amides is 3. The van der Waals surface area contributed by atoms with Gasteiger partial charge in [-0.1, -0.05) is 24.3 Å². The van der Waals surface area contributed by atoms with Crippen molar-refractivity contribution in [2.45, 2.75) is 19.4 Å². The number of rotatable bonds is 4. The minimum Gasteiger partial charge on any atom is -0.447 e.